The molecule has 0 spiro atoms. The third-order valence-electron chi connectivity index (χ3n) is 7.80. The fraction of sp³-hybridized carbons (Fsp3) is 0.433. The van der Waals surface area contributed by atoms with Crippen LogP contribution in [-0.4, -0.2) is 63.3 Å². The van der Waals surface area contributed by atoms with Crippen LogP contribution < -0.4 is 10.2 Å². The highest BCUT2D eigenvalue weighted by molar-refractivity contribution is 5.98. The van der Waals surface area contributed by atoms with E-state index in [1.165, 1.54) is 24.8 Å². The number of carbonyl (C=O) groups excluding carboxylic acids is 1. The Bertz CT molecular complexity index is 1410. The Kier molecular flexibility index (Phi) is 7.38. The van der Waals surface area contributed by atoms with Crippen LogP contribution in [0.25, 0.3) is 22.4 Å². The normalized spacial score (nSPS) is 16.8. The molecule has 0 bridgehead atoms. The number of urea groups is 1. The number of carbonyl (C=O) groups is 1. The van der Waals surface area contributed by atoms with Crippen molar-refractivity contribution in [3.05, 3.63) is 65.7 Å². The maximum Gasteiger partial charge on any atom is 0.317 e. The summed E-state index contributed by atoms with van der Waals surface area (Å²) in [7, 11) is 0. The molecular formula is C30H35N7O2. The first kappa shape index (κ1) is 25.3. The maximum absolute atomic E-state index is 13.1. The minimum atomic E-state index is 0.0534. The first-order valence-corrected chi connectivity index (χ1v) is 14.1. The molecule has 0 atom stereocenters. The van der Waals surface area contributed by atoms with Gasteiger partial charge in [0.2, 0.25) is 0 Å². The lowest BCUT2D eigenvalue weighted by molar-refractivity contribution is 0.193. The van der Waals surface area contributed by atoms with Crippen molar-refractivity contribution < 1.29 is 9.32 Å². The number of rotatable bonds is 5. The van der Waals surface area contributed by atoms with Crippen molar-refractivity contribution in [3.63, 3.8) is 0 Å². The first-order valence-electron chi connectivity index (χ1n) is 14.1. The summed E-state index contributed by atoms with van der Waals surface area (Å²) in [5.41, 5.74) is 4.37. The Hall–Kier alpha value is -4.01. The van der Waals surface area contributed by atoms with Crippen molar-refractivity contribution in [2.75, 3.05) is 31.1 Å². The number of benzene rings is 1. The van der Waals surface area contributed by atoms with Gasteiger partial charge >= 0.3 is 6.03 Å². The zero-order chi connectivity index (χ0) is 26.6. The van der Waals surface area contributed by atoms with Gasteiger partial charge in [0.15, 0.2) is 0 Å². The molecule has 1 saturated carbocycles. The average molecular weight is 526 g/mol. The van der Waals surface area contributed by atoms with E-state index >= 15 is 0 Å². The fourth-order valence-electron chi connectivity index (χ4n) is 5.62. The summed E-state index contributed by atoms with van der Waals surface area (Å²) in [6.45, 7) is 4.88. The van der Waals surface area contributed by atoms with Crippen LogP contribution in [0.4, 0.5) is 10.6 Å². The minimum Gasteiger partial charge on any atom is -0.354 e. The van der Waals surface area contributed by atoms with E-state index in [0.29, 0.717) is 42.8 Å². The highest BCUT2D eigenvalue weighted by atomic mass is 16.5. The van der Waals surface area contributed by atoms with Crippen LogP contribution >= 0.6 is 0 Å². The highest BCUT2D eigenvalue weighted by Gasteiger charge is 2.27. The molecule has 6 rings (SSSR count). The standard InChI is InChI=1S/C30H35N7O2/c1-21-10-12-22(13-11-21)19-25-33-28(26-27(35-39-29(26)34-25)23-7-5-14-31-20-23)36-15-6-16-37(18-17-36)30(38)32-24-8-3-2-4-9-24/h5,7,10-14,20,24H,2-4,6,8-9,15-19H2,1H3,(H,32,38). The van der Waals surface area contributed by atoms with Gasteiger partial charge in [0.25, 0.3) is 5.71 Å². The predicted molar refractivity (Wildman–Crippen MR) is 151 cm³/mol. The Morgan fingerprint density at radius 2 is 1.85 bits per heavy atom. The monoisotopic (exact) mass is 525 g/mol. The number of pyridine rings is 1. The predicted octanol–water partition coefficient (Wildman–Crippen LogP) is 5.13. The molecule has 1 aliphatic carbocycles. The second-order valence-electron chi connectivity index (χ2n) is 10.7. The van der Waals surface area contributed by atoms with Gasteiger partial charge in [-0.2, -0.15) is 4.98 Å². The highest BCUT2D eigenvalue weighted by Crippen LogP contribution is 2.34. The molecule has 2 amide bonds. The number of amides is 2. The Morgan fingerprint density at radius 3 is 2.64 bits per heavy atom. The summed E-state index contributed by atoms with van der Waals surface area (Å²) in [6, 6.07) is 12.6. The molecule has 4 aromatic rings. The molecule has 4 heterocycles. The van der Waals surface area contributed by atoms with Crippen molar-refractivity contribution in [2.24, 2.45) is 0 Å². The number of nitrogens with zero attached hydrogens (tertiary/aromatic N) is 6. The van der Waals surface area contributed by atoms with E-state index in [9.17, 15) is 4.79 Å². The lowest BCUT2D eigenvalue weighted by Gasteiger charge is -2.28. The van der Waals surface area contributed by atoms with Gasteiger partial charge in [-0.3, -0.25) is 4.98 Å². The van der Waals surface area contributed by atoms with Gasteiger partial charge in [0.1, 0.15) is 22.7 Å². The quantitative estimate of drug-likeness (QED) is 0.385. The number of hydrogen-bond acceptors (Lipinski definition) is 7. The number of hydrogen-bond donors (Lipinski definition) is 1. The topological polar surface area (TPSA) is 100 Å². The molecule has 1 aliphatic heterocycles. The molecule has 9 nitrogen and oxygen atoms in total. The molecule has 3 aromatic heterocycles. The fourth-order valence-corrected chi connectivity index (χ4v) is 5.62. The van der Waals surface area contributed by atoms with Gasteiger partial charge in [0.05, 0.1) is 0 Å². The molecule has 39 heavy (non-hydrogen) atoms. The van der Waals surface area contributed by atoms with Crippen LogP contribution in [0.5, 0.6) is 0 Å². The van der Waals surface area contributed by atoms with E-state index in [-0.39, 0.29) is 6.03 Å². The zero-order valence-electron chi connectivity index (χ0n) is 22.5. The molecule has 202 valence electrons. The van der Waals surface area contributed by atoms with Crippen LogP contribution in [0, 0.1) is 6.92 Å². The van der Waals surface area contributed by atoms with Crippen molar-refractivity contribution >= 4 is 22.9 Å². The first-order chi connectivity index (χ1) is 19.1. The van der Waals surface area contributed by atoms with E-state index < -0.39 is 0 Å². The number of nitrogens with one attached hydrogen (secondary N) is 1. The zero-order valence-corrected chi connectivity index (χ0v) is 22.5. The molecule has 1 saturated heterocycles. The second-order valence-corrected chi connectivity index (χ2v) is 10.7. The van der Waals surface area contributed by atoms with E-state index in [4.69, 9.17) is 14.5 Å². The van der Waals surface area contributed by atoms with Gasteiger partial charge in [-0.05, 0) is 43.9 Å². The third kappa shape index (κ3) is 5.72. The third-order valence-corrected chi connectivity index (χ3v) is 7.80. The van der Waals surface area contributed by atoms with Crippen molar-refractivity contribution in [3.8, 4) is 11.3 Å². The van der Waals surface area contributed by atoms with Crippen LogP contribution in [0.15, 0.2) is 53.3 Å². The van der Waals surface area contributed by atoms with E-state index in [1.807, 2.05) is 17.0 Å². The Morgan fingerprint density at radius 1 is 1.00 bits per heavy atom. The minimum absolute atomic E-state index is 0.0534. The van der Waals surface area contributed by atoms with Crippen LogP contribution in [0.2, 0.25) is 0 Å². The molecule has 1 aromatic carbocycles. The smallest absolute Gasteiger partial charge is 0.317 e. The van der Waals surface area contributed by atoms with Crippen LogP contribution in [-0.2, 0) is 6.42 Å². The molecule has 2 aliphatic rings. The molecule has 9 heteroatoms. The summed E-state index contributed by atoms with van der Waals surface area (Å²) in [4.78, 5) is 31.4. The molecule has 0 unspecified atom stereocenters. The number of anilines is 1. The maximum atomic E-state index is 13.1. The number of fused-ring (bicyclic) bond motifs is 1. The van der Waals surface area contributed by atoms with Crippen LogP contribution in [0.1, 0.15) is 55.5 Å². The van der Waals surface area contributed by atoms with E-state index in [0.717, 1.165) is 54.7 Å². The average Bonchev–Trinajstić information content (AvgIpc) is 3.23. The summed E-state index contributed by atoms with van der Waals surface area (Å²) >= 11 is 0. The lowest BCUT2D eigenvalue weighted by Crippen LogP contribution is -2.46. The summed E-state index contributed by atoms with van der Waals surface area (Å²) in [6.07, 6.45) is 10.8. The van der Waals surface area contributed by atoms with Crippen LogP contribution in [0.3, 0.4) is 0 Å². The van der Waals surface area contributed by atoms with Gasteiger partial charge in [-0.1, -0.05) is 54.2 Å². The Labute approximate surface area is 228 Å². The number of aryl methyl sites for hydroxylation is 1. The summed E-state index contributed by atoms with van der Waals surface area (Å²) < 4.78 is 5.78. The summed E-state index contributed by atoms with van der Waals surface area (Å²) in [5, 5.41) is 8.46. The van der Waals surface area contributed by atoms with Gasteiger partial charge in [0, 0.05) is 56.6 Å². The second kappa shape index (κ2) is 11.4. The molecule has 1 N–H and O–H groups in total. The van der Waals surface area contributed by atoms with Gasteiger partial charge < -0.3 is 19.6 Å². The SMILES string of the molecule is Cc1ccc(Cc2nc(N3CCCN(C(=O)NC4CCCCC4)CC3)c3c(-c4cccnc4)noc3n2)cc1. The van der Waals surface area contributed by atoms with Crippen molar-refractivity contribution in [1.29, 1.82) is 0 Å². The number of aromatic nitrogens is 4. The van der Waals surface area contributed by atoms with E-state index in [1.54, 1.807) is 12.4 Å². The van der Waals surface area contributed by atoms with Gasteiger partial charge in [-0.25, -0.2) is 9.78 Å². The van der Waals surface area contributed by atoms with E-state index in [2.05, 4.69) is 51.5 Å². The summed E-state index contributed by atoms with van der Waals surface area (Å²) in [5.74, 6) is 1.49. The Balaban J connectivity index is 1.29. The molecule has 2 fully saturated rings. The lowest BCUT2D eigenvalue weighted by atomic mass is 9.96. The molecular weight excluding hydrogens is 490 g/mol. The van der Waals surface area contributed by atoms with Crippen molar-refractivity contribution in [1.82, 2.24) is 30.3 Å². The van der Waals surface area contributed by atoms with Crippen molar-refractivity contribution in [2.45, 2.75) is 57.9 Å². The molecule has 0 radical (unpaired) electrons. The van der Waals surface area contributed by atoms with Gasteiger partial charge in [-0.15, -0.1) is 0 Å². The largest absolute Gasteiger partial charge is 0.354 e.